The van der Waals surface area contributed by atoms with Crippen molar-refractivity contribution in [3.05, 3.63) is 66.0 Å². The predicted molar refractivity (Wildman–Crippen MR) is 149 cm³/mol. The third-order valence-corrected chi connectivity index (χ3v) is 11.4. The minimum Gasteiger partial charge on any atom is -0.394 e. The molecule has 4 N–H and O–H groups in total. The van der Waals surface area contributed by atoms with Gasteiger partial charge in [0.25, 0.3) is 0 Å². The zero-order valence-corrected chi connectivity index (χ0v) is 26.2. The van der Waals surface area contributed by atoms with Crippen molar-refractivity contribution in [1.82, 2.24) is 4.48 Å². The van der Waals surface area contributed by atoms with Crippen LogP contribution in [0.25, 0.3) is 5.57 Å². The SMILES string of the molecule is CC1=C(Br)C(C)=[N+]2C1=C(c1c(F)c(F)c(S[C@H]3O[C@@H](CO)C(O)[C@@H](O)[C@@H]3O)c(F)c1F)c1c(C)c(Br)c(C)n1[B-]2(F)F. The number of fused-ring (bicyclic) bond motifs is 2. The molecule has 1 aromatic heterocycles. The molecule has 1 aromatic carbocycles. The number of ether oxygens (including phenoxy) is 1. The van der Waals surface area contributed by atoms with Gasteiger partial charge in [-0.25, -0.2) is 17.6 Å². The van der Waals surface area contributed by atoms with E-state index in [2.05, 4.69) is 31.9 Å². The van der Waals surface area contributed by atoms with Gasteiger partial charge in [-0.15, -0.1) is 0 Å². The van der Waals surface area contributed by atoms with Crippen LogP contribution in [0.3, 0.4) is 0 Å². The van der Waals surface area contributed by atoms with Gasteiger partial charge in [-0.3, -0.25) is 0 Å². The molecule has 4 heterocycles. The fourth-order valence-corrected chi connectivity index (χ4v) is 7.61. The number of thioether (sulfide) groups is 1. The molecule has 0 bridgehead atoms. The van der Waals surface area contributed by atoms with Gasteiger partial charge in [-0.2, -0.15) is 0 Å². The van der Waals surface area contributed by atoms with Crippen LogP contribution in [0, 0.1) is 37.1 Å². The molecule has 1 saturated heterocycles. The molecule has 0 saturated carbocycles. The average Bonchev–Trinajstić information content (AvgIpc) is 3.32. The van der Waals surface area contributed by atoms with Crippen LogP contribution in [0.2, 0.25) is 0 Å². The summed E-state index contributed by atoms with van der Waals surface area (Å²) in [6.45, 7) is 0.129. The molecular formula is C25H23BBr2F6N2O5S. The van der Waals surface area contributed by atoms with E-state index in [1.165, 1.54) is 27.7 Å². The maximum Gasteiger partial charge on any atom is 0.737 e. The summed E-state index contributed by atoms with van der Waals surface area (Å²) in [6, 6.07) is 0. The second-order valence-electron chi connectivity index (χ2n) is 10.2. The lowest BCUT2D eigenvalue weighted by atomic mass is 9.83. The molecule has 1 fully saturated rings. The summed E-state index contributed by atoms with van der Waals surface area (Å²) in [7, 11) is 0. The number of hydrogen-bond acceptors (Lipinski definition) is 6. The van der Waals surface area contributed by atoms with Crippen LogP contribution in [0.1, 0.15) is 36.4 Å². The van der Waals surface area contributed by atoms with Crippen LogP contribution in [-0.4, -0.2) is 78.5 Å². The molecule has 1 unspecified atom stereocenters. The lowest BCUT2D eigenvalue weighted by Crippen LogP contribution is -2.57. The van der Waals surface area contributed by atoms with Crippen molar-refractivity contribution in [2.45, 2.75) is 62.4 Å². The molecule has 0 radical (unpaired) electrons. The quantitative estimate of drug-likeness (QED) is 0.210. The molecular weight excluding hydrogens is 725 g/mol. The van der Waals surface area contributed by atoms with Crippen LogP contribution in [0.15, 0.2) is 25.1 Å². The summed E-state index contributed by atoms with van der Waals surface area (Å²) in [5.74, 6) is -7.59. The van der Waals surface area contributed by atoms with Gasteiger partial charge in [0.15, 0.2) is 29.0 Å². The molecule has 42 heavy (non-hydrogen) atoms. The van der Waals surface area contributed by atoms with Gasteiger partial charge in [0.1, 0.15) is 35.6 Å². The third-order valence-electron chi connectivity index (χ3n) is 7.86. The van der Waals surface area contributed by atoms with Crippen molar-refractivity contribution in [2.75, 3.05) is 6.61 Å². The zero-order valence-electron chi connectivity index (χ0n) is 22.2. The molecule has 17 heteroatoms. The standard InChI is InChI=1S/C25H23BBr2F6N2O5S/c1-6-13(27)8(3)35-19(6)12(20-7(2)14(28)9(4)36(20)26(35,33)34)11-15(29)17(31)24(18(32)16(11)30)42-25-23(40)22(39)21(38)10(5-37)41-25/h10,21-23,25,37-40H,5H2,1-4H3/t10-,21?,22+,23-,25+/m0/s1. The second kappa shape index (κ2) is 10.8. The van der Waals surface area contributed by atoms with Crippen molar-refractivity contribution >= 4 is 61.9 Å². The van der Waals surface area contributed by atoms with Crippen molar-refractivity contribution in [3.8, 4) is 0 Å². The van der Waals surface area contributed by atoms with Crippen molar-refractivity contribution in [1.29, 1.82) is 0 Å². The molecule has 5 atom stereocenters. The van der Waals surface area contributed by atoms with Crippen molar-refractivity contribution in [3.63, 3.8) is 0 Å². The summed E-state index contributed by atoms with van der Waals surface area (Å²) in [6.07, 6.45) is -7.10. The number of aliphatic hydroxyl groups is 4. The maximum absolute atomic E-state index is 16.1. The number of halogens is 8. The summed E-state index contributed by atoms with van der Waals surface area (Å²) < 4.78 is 102. The molecule has 0 aliphatic carbocycles. The normalized spacial score (nSPS) is 27.3. The van der Waals surface area contributed by atoms with Gasteiger partial charge >= 0.3 is 6.97 Å². The van der Waals surface area contributed by atoms with E-state index < -0.39 is 82.7 Å². The van der Waals surface area contributed by atoms with Crippen LogP contribution >= 0.6 is 43.6 Å². The van der Waals surface area contributed by atoms with Gasteiger partial charge < -0.3 is 42.8 Å². The molecule has 3 aliphatic heterocycles. The lowest BCUT2D eigenvalue weighted by molar-refractivity contribution is -0.363. The smallest absolute Gasteiger partial charge is 0.394 e. The molecule has 0 spiro atoms. The Hall–Kier alpha value is -1.60. The highest BCUT2D eigenvalue weighted by molar-refractivity contribution is 9.12. The first-order valence-corrected chi connectivity index (χ1v) is 14.9. The van der Waals surface area contributed by atoms with Gasteiger partial charge in [0, 0.05) is 22.7 Å². The Morgan fingerprint density at radius 2 is 1.50 bits per heavy atom. The van der Waals surface area contributed by atoms with E-state index in [4.69, 9.17) is 4.74 Å². The first-order valence-electron chi connectivity index (χ1n) is 12.5. The number of aliphatic hydroxyl groups excluding tert-OH is 4. The number of nitrogens with zero attached hydrogens (tertiary/aromatic N) is 2. The Kier molecular flexibility index (Phi) is 8.17. The van der Waals surface area contributed by atoms with Crippen LogP contribution in [0.5, 0.6) is 0 Å². The summed E-state index contributed by atoms with van der Waals surface area (Å²) in [5, 5.41) is 39.7. The van der Waals surface area contributed by atoms with E-state index in [0.29, 0.717) is 8.96 Å². The fraction of sp³-hybridized carbons (Fsp3) is 0.400. The Balaban J connectivity index is 1.77. The number of allylic oxidation sites excluding steroid dienone is 2. The minimum absolute atomic E-state index is 0.0112. The minimum atomic E-state index is -4.62. The average molecular weight is 748 g/mol. The lowest BCUT2D eigenvalue weighted by Gasteiger charge is -2.39. The molecule has 228 valence electrons. The van der Waals surface area contributed by atoms with Crippen LogP contribution < -0.4 is 0 Å². The monoisotopic (exact) mass is 746 g/mol. The largest absolute Gasteiger partial charge is 0.737 e. The number of rotatable bonds is 4. The van der Waals surface area contributed by atoms with Crippen LogP contribution in [0.4, 0.5) is 26.2 Å². The highest BCUT2D eigenvalue weighted by Crippen LogP contribution is 2.50. The number of hydrogen-bond donors (Lipinski definition) is 4. The van der Waals surface area contributed by atoms with Crippen LogP contribution in [-0.2, 0) is 4.74 Å². The first kappa shape index (κ1) is 31.8. The number of benzene rings is 1. The van der Waals surface area contributed by atoms with Gasteiger partial charge in [0.2, 0.25) is 0 Å². The van der Waals surface area contributed by atoms with Gasteiger partial charge in [-0.1, -0.05) is 11.8 Å². The van der Waals surface area contributed by atoms with E-state index >= 15 is 26.2 Å². The van der Waals surface area contributed by atoms with E-state index in [-0.39, 0.29) is 54.7 Å². The summed E-state index contributed by atoms with van der Waals surface area (Å²) in [4.78, 5) is -1.27. The fourth-order valence-electron chi connectivity index (χ4n) is 5.73. The predicted octanol–water partition coefficient (Wildman–Crippen LogP) is 4.47. The topological polar surface area (TPSA) is 98.1 Å². The second-order valence-corrected chi connectivity index (χ2v) is 12.9. The molecule has 5 rings (SSSR count). The zero-order chi connectivity index (χ0) is 31.3. The molecule has 2 aromatic rings. The highest BCUT2D eigenvalue weighted by Gasteiger charge is 2.57. The van der Waals surface area contributed by atoms with Gasteiger partial charge in [0.05, 0.1) is 27.1 Å². The van der Waals surface area contributed by atoms with Gasteiger partial charge in [-0.05, 0) is 63.9 Å². The number of aromatic nitrogens is 1. The van der Waals surface area contributed by atoms with E-state index in [0.717, 1.165) is 0 Å². The molecule has 0 amide bonds. The van der Waals surface area contributed by atoms with E-state index in [1.807, 2.05) is 0 Å². The maximum atomic E-state index is 16.1. The Labute approximate surface area is 256 Å². The Bertz CT molecular complexity index is 1620. The summed E-state index contributed by atoms with van der Waals surface area (Å²) >= 11 is 6.48. The van der Waals surface area contributed by atoms with Crippen molar-refractivity contribution in [2.24, 2.45) is 0 Å². The third kappa shape index (κ3) is 4.25. The first-order chi connectivity index (χ1) is 19.5. The summed E-state index contributed by atoms with van der Waals surface area (Å²) in [5.41, 5.74) is -3.80. The highest BCUT2D eigenvalue weighted by atomic mass is 79.9. The van der Waals surface area contributed by atoms with E-state index in [1.54, 1.807) is 0 Å². The molecule has 3 aliphatic rings. The van der Waals surface area contributed by atoms with E-state index in [9.17, 15) is 20.4 Å². The molecule has 7 nitrogen and oxygen atoms in total. The Morgan fingerprint density at radius 1 is 0.929 bits per heavy atom. The Morgan fingerprint density at radius 3 is 2.05 bits per heavy atom. The van der Waals surface area contributed by atoms with Crippen molar-refractivity contribution < 1.29 is 55.8 Å².